The summed E-state index contributed by atoms with van der Waals surface area (Å²) < 4.78 is 0. The van der Waals surface area contributed by atoms with E-state index in [1.165, 1.54) is 6.20 Å². The molecule has 1 amide bonds. The highest BCUT2D eigenvalue weighted by molar-refractivity contribution is 6.35. The van der Waals surface area contributed by atoms with Crippen LogP contribution < -0.4 is 10.6 Å². The SMILES string of the molecule is O=C(Nc1cc(Cl)cc(Cl)c1)c1cncc(NCc2ccccn2)c1. The third-order valence-corrected chi connectivity index (χ3v) is 3.76. The Balaban J connectivity index is 1.68. The summed E-state index contributed by atoms with van der Waals surface area (Å²) in [5.41, 5.74) is 2.56. The van der Waals surface area contributed by atoms with Gasteiger partial charge in [-0.15, -0.1) is 0 Å². The Hall–Kier alpha value is -2.63. The molecule has 2 N–H and O–H groups in total. The van der Waals surface area contributed by atoms with Gasteiger partial charge in [-0.25, -0.2) is 0 Å². The third-order valence-electron chi connectivity index (χ3n) is 3.32. The molecule has 1 aromatic carbocycles. The summed E-state index contributed by atoms with van der Waals surface area (Å²) in [6, 6.07) is 12.3. The number of hydrogen-bond acceptors (Lipinski definition) is 4. The lowest BCUT2D eigenvalue weighted by atomic mass is 10.2. The van der Waals surface area contributed by atoms with Crippen molar-refractivity contribution in [2.75, 3.05) is 10.6 Å². The Kier molecular flexibility index (Phi) is 5.48. The molecule has 0 fully saturated rings. The van der Waals surface area contributed by atoms with Gasteiger partial charge >= 0.3 is 0 Å². The van der Waals surface area contributed by atoms with Gasteiger partial charge in [-0.05, 0) is 36.4 Å². The third kappa shape index (κ3) is 4.92. The zero-order chi connectivity index (χ0) is 17.6. The van der Waals surface area contributed by atoms with E-state index in [1.54, 1.807) is 36.7 Å². The first-order valence-electron chi connectivity index (χ1n) is 7.46. The lowest BCUT2D eigenvalue weighted by Crippen LogP contribution is -2.13. The number of aromatic nitrogens is 2. The zero-order valence-corrected chi connectivity index (χ0v) is 14.6. The summed E-state index contributed by atoms with van der Waals surface area (Å²) in [4.78, 5) is 20.7. The molecule has 0 unspecified atom stereocenters. The largest absolute Gasteiger partial charge is 0.378 e. The second-order valence-electron chi connectivity index (χ2n) is 5.25. The van der Waals surface area contributed by atoms with Gasteiger partial charge < -0.3 is 10.6 Å². The summed E-state index contributed by atoms with van der Waals surface area (Å²) in [5, 5.41) is 6.85. The number of carbonyl (C=O) groups is 1. The van der Waals surface area contributed by atoms with E-state index in [4.69, 9.17) is 23.2 Å². The molecule has 0 aliphatic carbocycles. The minimum absolute atomic E-state index is 0.299. The first-order chi connectivity index (χ1) is 12.1. The number of halogens is 2. The number of carbonyl (C=O) groups excluding carboxylic acids is 1. The highest BCUT2D eigenvalue weighted by Crippen LogP contribution is 2.23. The van der Waals surface area contributed by atoms with Gasteiger partial charge in [0, 0.05) is 34.3 Å². The van der Waals surface area contributed by atoms with Crippen LogP contribution in [0.1, 0.15) is 16.1 Å². The number of pyridine rings is 2. The predicted octanol–water partition coefficient (Wildman–Crippen LogP) is 4.65. The fraction of sp³-hybridized carbons (Fsp3) is 0.0556. The highest BCUT2D eigenvalue weighted by atomic mass is 35.5. The molecule has 25 heavy (non-hydrogen) atoms. The summed E-state index contributed by atoms with van der Waals surface area (Å²) in [6.45, 7) is 0.539. The van der Waals surface area contributed by atoms with Crippen LogP contribution in [0.4, 0.5) is 11.4 Å². The number of amides is 1. The number of hydrogen-bond donors (Lipinski definition) is 2. The van der Waals surface area contributed by atoms with Crippen molar-refractivity contribution in [3.8, 4) is 0 Å². The normalized spacial score (nSPS) is 10.3. The molecule has 0 aliphatic heterocycles. The number of rotatable bonds is 5. The fourth-order valence-electron chi connectivity index (χ4n) is 2.19. The van der Waals surface area contributed by atoms with Crippen LogP contribution in [0, 0.1) is 0 Å². The molecule has 0 aliphatic rings. The van der Waals surface area contributed by atoms with E-state index in [-0.39, 0.29) is 5.91 Å². The molecular weight excluding hydrogens is 359 g/mol. The number of benzene rings is 1. The van der Waals surface area contributed by atoms with E-state index in [0.717, 1.165) is 11.4 Å². The molecule has 0 bridgehead atoms. The van der Waals surface area contributed by atoms with E-state index < -0.39 is 0 Å². The van der Waals surface area contributed by atoms with Crippen LogP contribution >= 0.6 is 23.2 Å². The van der Waals surface area contributed by atoms with Crippen LogP contribution in [0.3, 0.4) is 0 Å². The molecule has 2 heterocycles. The Morgan fingerprint density at radius 2 is 1.80 bits per heavy atom. The fourth-order valence-corrected chi connectivity index (χ4v) is 2.71. The van der Waals surface area contributed by atoms with Crippen LogP contribution in [-0.2, 0) is 6.54 Å². The quantitative estimate of drug-likeness (QED) is 0.683. The van der Waals surface area contributed by atoms with E-state index in [9.17, 15) is 4.79 Å². The minimum Gasteiger partial charge on any atom is -0.378 e. The van der Waals surface area contributed by atoms with E-state index in [0.29, 0.717) is 27.8 Å². The lowest BCUT2D eigenvalue weighted by Gasteiger charge is -2.09. The standard InChI is InChI=1S/C18H14Cl2N4O/c19-13-6-14(20)8-16(7-13)24-18(25)12-5-17(10-21-9-12)23-11-15-3-1-2-4-22-15/h1-10,23H,11H2,(H,24,25). The summed E-state index contributed by atoms with van der Waals surface area (Å²) in [5.74, 6) is -0.299. The maximum Gasteiger partial charge on any atom is 0.257 e. The maximum atomic E-state index is 12.4. The molecule has 3 aromatic rings. The molecule has 3 rings (SSSR count). The number of nitrogens with one attached hydrogen (secondary N) is 2. The number of anilines is 2. The molecule has 0 saturated carbocycles. The van der Waals surface area contributed by atoms with Crippen LogP contribution in [0.5, 0.6) is 0 Å². The molecule has 5 nitrogen and oxygen atoms in total. The van der Waals surface area contributed by atoms with Crippen LogP contribution in [-0.4, -0.2) is 15.9 Å². The smallest absolute Gasteiger partial charge is 0.257 e. The molecule has 0 atom stereocenters. The first-order valence-corrected chi connectivity index (χ1v) is 8.22. The summed E-state index contributed by atoms with van der Waals surface area (Å²) >= 11 is 11.9. The van der Waals surface area contributed by atoms with Crippen molar-refractivity contribution in [2.24, 2.45) is 0 Å². The average Bonchev–Trinajstić information content (AvgIpc) is 2.60. The molecule has 0 saturated heterocycles. The Bertz CT molecular complexity index is 867. The Morgan fingerprint density at radius 3 is 2.52 bits per heavy atom. The van der Waals surface area contributed by atoms with Gasteiger partial charge in [-0.3, -0.25) is 14.8 Å². The van der Waals surface area contributed by atoms with Crippen molar-refractivity contribution < 1.29 is 4.79 Å². The summed E-state index contributed by atoms with van der Waals surface area (Å²) in [6.07, 6.45) is 4.87. The van der Waals surface area contributed by atoms with Gasteiger partial charge in [0.05, 0.1) is 23.5 Å². The van der Waals surface area contributed by atoms with E-state index in [2.05, 4.69) is 20.6 Å². The second kappa shape index (κ2) is 7.96. The van der Waals surface area contributed by atoms with Crippen molar-refractivity contribution in [2.45, 2.75) is 6.54 Å². The van der Waals surface area contributed by atoms with Crippen molar-refractivity contribution in [3.05, 3.63) is 82.4 Å². The second-order valence-corrected chi connectivity index (χ2v) is 6.12. The van der Waals surface area contributed by atoms with Gasteiger partial charge in [0.15, 0.2) is 0 Å². The lowest BCUT2D eigenvalue weighted by molar-refractivity contribution is 0.102. The van der Waals surface area contributed by atoms with Gasteiger partial charge in [0.1, 0.15) is 0 Å². The minimum atomic E-state index is -0.299. The van der Waals surface area contributed by atoms with E-state index >= 15 is 0 Å². The molecule has 2 aromatic heterocycles. The predicted molar refractivity (Wildman–Crippen MR) is 100 cm³/mol. The van der Waals surface area contributed by atoms with Gasteiger partial charge in [0.2, 0.25) is 0 Å². The zero-order valence-electron chi connectivity index (χ0n) is 13.0. The highest BCUT2D eigenvalue weighted by Gasteiger charge is 2.09. The van der Waals surface area contributed by atoms with Crippen molar-refractivity contribution >= 4 is 40.5 Å². The molecule has 0 radical (unpaired) electrons. The monoisotopic (exact) mass is 372 g/mol. The Labute approximate surface area is 155 Å². The summed E-state index contributed by atoms with van der Waals surface area (Å²) in [7, 11) is 0. The van der Waals surface area contributed by atoms with Crippen molar-refractivity contribution in [1.82, 2.24) is 9.97 Å². The van der Waals surface area contributed by atoms with Crippen LogP contribution in [0.15, 0.2) is 61.1 Å². The topological polar surface area (TPSA) is 66.9 Å². The molecule has 0 spiro atoms. The first kappa shape index (κ1) is 17.2. The molecular formula is C18H14Cl2N4O. The maximum absolute atomic E-state index is 12.4. The van der Waals surface area contributed by atoms with Crippen molar-refractivity contribution in [1.29, 1.82) is 0 Å². The van der Waals surface area contributed by atoms with Gasteiger partial charge in [-0.1, -0.05) is 29.3 Å². The van der Waals surface area contributed by atoms with Gasteiger partial charge in [-0.2, -0.15) is 0 Å². The molecule has 126 valence electrons. The molecule has 7 heteroatoms. The van der Waals surface area contributed by atoms with Crippen LogP contribution in [0.25, 0.3) is 0 Å². The van der Waals surface area contributed by atoms with Gasteiger partial charge in [0.25, 0.3) is 5.91 Å². The van der Waals surface area contributed by atoms with E-state index in [1.807, 2.05) is 18.2 Å². The number of nitrogens with zero attached hydrogens (tertiary/aromatic N) is 2. The van der Waals surface area contributed by atoms with Crippen molar-refractivity contribution in [3.63, 3.8) is 0 Å². The average molecular weight is 373 g/mol. The van der Waals surface area contributed by atoms with Crippen LogP contribution in [0.2, 0.25) is 10.0 Å². The Morgan fingerprint density at radius 1 is 1.00 bits per heavy atom.